The summed E-state index contributed by atoms with van der Waals surface area (Å²) >= 11 is 1.37. The summed E-state index contributed by atoms with van der Waals surface area (Å²) in [6.07, 6.45) is 1.79. The van der Waals surface area contributed by atoms with Crippen LogP contribution in [-0.2, 0) is 11.3 Å². The van der Waals surface area contributed by atoms with Gasteiger partial charge in [-0.25, -0.2) is 0 Å². The molecular weight excluding hydrogens is 444 g/mol. The zero-order chi connectivity index (χ0) is 23.9. The Hall–Kier alpha value is -3.84. The van der Waals surface area contributed by atoms with Gasteiger partial charge in [0.25, 0.3) is 0 Å². The number of ether oxygens (including phenoxy) is 1. The summed E-state index contributed by atoms with van der Waals surface area (Å²) in [5, 5.41) is 12.1. The number of aromatic nitrogens is 3. The number of thioether (sulfide) groups is 1. The lowest BCUT2D eigenvalue weighted by molar-refractivity contribution is -0.115. The van der Waals surface area contributed by atoms with Gasteiger partial charge in [0.05, 0.1) is 12.4 Å². The van der Waals surface area contributed by atoms with Gasteiger partial charge < -0.3 is 10.1 Å². The number of amides is 1. The second-order valence-electron chi connectivity index (χ2n) is 7.59. The van der Waals surface area contributed by atoms with E-state index in [0.717, 1.165) is 28.1 Å². The maximum Gasteiger partial charge on any atom is 0.237 e. The molecule has 0 saturated carbocycles. The van der Waals surface area contributed by atoms with Crippen LogP contribution >= 0.6 is 11.8 Å². The van der Waals surface area contributed by atoms with Gasteiger partial charge in [0, 0.05) is 23.4 Å². The molecule has 6 nitrogen and oxygen atoms in total. The minimum Gasteiger partial charge on any atom is -0.497 e. The normalized spacial score (nSPS) is 11.6. The second-order valence-corrected chi connectivity index (χ2v) is 8.90. The van der Waals surface area contributed by atoms with Gasteiger partial charge in [-0.15, -0.1) is 16.8 Å². The van der Waals surface area contributed by atoms with Gasteiger partial charge in [0.1, 0.15) is 5.75 Å². The van der Waals surface area contributed by atoms with Crippen LogP contribution in [0.15, 0.2) is 96.7 Å². The molecule has 4 aromatic rings. The number of allylic oxidation sites excluding steroid dienone is 1. The molecule has 34 heavy (non-hydrogen) atoms. The van der Waals surface area contributed by atoms with E-state index in [2.05, 4.69) is 22.1 Å². The molecule has 1 heterocycles. The summed E-state index contributed by atoms with van der Waals surface area (Å²) in [4.78, 5) is 13.1. The predicted molar refractivity (Wildman–Crippen MR) is 138 cm³/mol. The van der Waals surface area contributed by atoms with E-state index in [-0.39, 0.29) is 11.2 Å². The first-order valence-electron chi connectivity index (χ1n) is 10.9. The van der Waals surface area contributed by atoms with Crippen molar-refractivity contribution in [1.82, 2.24) is 14.8 Å². The van der Waals surface area contributed by atoms with E-state index in [0.29, 0.717) is 17.5 Å². The molecule has 0 aliphatic rings. The number of anilines is 1. The summed E-state index contributed by atoms with van der Waals surface area (Å²) in [5.74, 6) is 1.38. The molecule has 7 heteroatoms. The maximum absolute atomic E-state index is 13.1. The van der Waals surface area contributed by atoms with E-state index in [4.69, 9.17) is 4.74 Å². The van der Waals surface area contributed by atoms with E-state index >= 15 is 0 Å². The Morgan fingerprint density at radius 2 is 1.74 bits per heavy atom. The number of benzene rings is 3. The number of nitrogens with one attached hydrogen (secondary N) is 1. The number of carbonyl (C=O) groups is 1. The minimum absolute atomic E-state index is 0.104. The molecular formula is C27H26N4O2S. The van der Waals surface area contributed by atoms with Crippen molar-refractivity contribution in [2.75, 3.05) is 12.4 Å². The van der Waals surface area contributed by atoms with Gasteiger partial charge in [0.15, 0.2) is 11.0 Å². The molecule has 0 bridgehead atoms. The molecule has 172 valence electrons. The van der Waals surface area contributed by atoms with Crippen LogP contribution < -0.4 is 10.1 Å². The van der Waals surface area contributed by atoms with E-state index in [9.17, 15) is 4.79 Å². The van der Waals surface area contributed by atoms with Gasteiger partial charge >= 0.3 is 0 Å². The monoisotopic (exact) mass is 470 g/mol. The highest BCUT2D eigenvalue weighted by atomic mass is 32.2. The van der Waals surface area contributed by atoms with Crippen LogP contribution in [0.1, 0.15) is 6.92 Å². The van der Waals surface area contributed by atoms with Crippen LogP contribution in [-0.4, -0.2) is 33.0 Å². The molecule has 0 spiro atoms. The minimum atomic E-state index is -0.389. The van der Waals surface area contributed by atoms with Crippen molar-refractivity contribution in [3.63, 3.8) is 0 Å². The highest BCUT2D eigenvalue weighted by molar-refractivity contribution is 8.00. The van der Waals surface area contributed by atoms with Crippen molar-refractivity contribution < 1.29 is 9.53 Å². The summed E-state index contributed by atoms with van der Waals surface area (Å²) < 4.78 is 7.20. The van der Waals surface area contributed by atoms with Crippen molar-refractivity contribution in [3.8, 4) is 28.3 Å². The number of carbonyl (C=O) groups excluding carboxylic acids is 1. The Labute approximate surface area is 203 Å². The standard InChI is InChI=1S/C27H26N4O2S/c1-4-18-31-25(21-14-16-22(33-3)17-15-21)29-30-27(31)34-19(2)26(32)28-24-13-9-8-12-23(24)20-10-6-5-7-11-20/h4-17,19H,1,18H2,2-3H3,(H,28,32). The fourth-order valence-corrected chi connectivity index (χ4v) is 4.39. The van der Waals surface area contributed by atoms with Crippen LogP contribution in [0.3, 0.4) is 0 Å². The van der Waals surface area contributed by atoms with E-state index in [1.165, 1.54) is 11.8 Å². The van der Waals surface area contributed by atoms with Gasteiger partial charge in [-0.05, 0) is 42.8 Å². The molecule has 1 amide bonds. The fourth-order valence-electron chi connectivity index (χ4n) is 3.53. The lowest BCUT2D eigenvalue weighted by atomic mass is 10.0. The van der Waals surface area contributed by atoms with E-state index in [1.54, 1.807) is 13.2 Å². The van der Waals surface area contributed by atoms with Gasteiger partial charge in [-0.1, -0.05) is 66.4 Å². The molecule has 0 fully saturated rings. The third-order valence-electron chi connectivity index (χ3n) is 5.30. The molecule has 4 rings (SSSR count). The summed E-state index contributed by atoms with van der Waals surface area (Å²) in [7, 11) is 1.63. The van der Waals surface area contributed by atoms with Crippen molar-refractivity contribution in [2.45, 2.75) is 23.9 Å². The Bertz CT molecular complexity index is 1270. The number of rotatable bonds is 9. The average Bonchev–Trinajstić information content (AvgIpc) is 3.27. The van der Waals surface area contributed by atoms with Gasteiger partial charge in [-0.3, -0.25) is 9.36 Å². The Balaban J connectivity index is 1.53. The van der Waals surface area contributed by atoms with Crippen LogP contribution in [0.5, 0.6) is 5.75 Å². The zero-order valence-corrected chi connectivity index (χ0v) is 20.0. The molecule has 0 saturated heterocycles. The molecule has 1 N–H and O–H groups in total. The smallest absolute Gasteiger partial charge is 0.237 e. The first-order chi connectivity index (χ1) is 16.6. The fraction of sp³-hybridized carbons (Fsp3) is 0.148. The molecule has 0 radical (unpaired) electrons. The van der Waals surface area contributed by atoms with Crippen LogP contribution in [0.25, 0.3) is 22.5 Å². The van der Waals surface area contributed by atoms with E-state index in [1.807, 2.05) is 90.4 Å². The number of methoxy groups -OCH3 is 1. The molecule has 1 unspecified atom stereocenters. The summed E-state index contributed by atoms with van der Waals surface area (Å²) in [6, 6.07) is 25.5. The Morgan fingerprint density at radius 1 is 1.03 bits per heavy atom. The molecule has 1 aromatic heterocycles. The summed E-state index contributed by atoms with van der Waals surface area (Å²) in [5.41, 5.74) is 3.72. The summed E-state index contributed by atoms with van der Waals surface area (Å²) in [6.45, 7) is 6.26. The van der Waals surface area contributed by atoms with Crippen LogP contribution in [0.2, 0.25) is 0 Å². The highest BCUT2D eigenvalue weighted by Gasteiger charge is 2.21. The topological polar surface area (TPSA) is 69.0 Å². The van der Waals surface area contributed by atoms with Crippen molar-refractivity contribution >= 4 is 23.4 Å². The number of hydrogen-bond donors (Lipinski definition) is 1. The predicted octanol–water partition coefficient (Wildman–Crippen LogP) is 5.93. The molecule has 0 aliphatic carbocycles. The van der Waals surface area contributed by atoms with Crippen molar-refractivity contribution in [1.29, 1.82) is 0 Å². The van der Waals surface area contributed by atoms with E-state index < -0.39 is 0 Å². The SMILES string of the molecule is C=CCn1c(SC(C)C(=O)Nc2ccccc2-c2ccccc2)nnc1-c1ccc(OC)cc1. The van der Waals surface area contributed by atoms with Crippen LogP contribution in [0, 0.1) is 0 Å². The third kappa shape index (κ3) is 5.21. The highest BCUT2D eigenvalue weighted by Crippen LogP contribution is 2.31. The number of nitrogens with zero attached hydrogens (tertiary/aromatic N) is 3. The van der Waals surface area contributed by atoms with Crippen molar-refractivity contribution in [2.24, 2.45) is 0 Å². The zero-order valence-electron chi connectivity index (χ0n) is 19.1. The van der Waals surface area contributed by atoms with Gasteiger partial charge in [-0.2, -0.15) is 0 Å². The largest absolute Gasteiger partial charge is 0.497 e. The Kier molecular flexibility index (Phi) is 7.44. The first-order valence-corrected chi connectivity index (χ1v) is 11.8. The Morgan fingerprint density at radius 3 is 2.44 bits per heavy atom. The first kappa shape index (κ1) is 23.3. The van der Waals surface area contributed by atoms with Crippen molar-refractivity contribution in [3.05, 3.63) is 91.5 Å². The van der Waals surface area contributed by atoms with Crippen LogP contribution in [0.4, 0.5) is 5.69 Å². The second kappa shape index (κ2) is 10.9. The molecule has 1 atom stereocenters. The maximum atomic E-state index is 13.1. The lowest BCUT2D eigenvalue weighted by Crippen LogP contribution is -2.23. The number of hydrogen-bond acceptors (Lipinski definition) is 5. The quantitative estimate of drug-likeness (QED) is 0.243. The van der Waals surface area contributed by atoms with Gasteiger partial charge in [0.2, 0.25) is 5.91 Å². The molecule has 3 aromatic carbocycles. The third-order valence-corrected chi connectivity index (χ3v) is 6.38. The molecule has 0 aliphatic heterocycles. The average molecular weight is 471 g/mol. The lowest BCUT2D eigenvalue weighted by Gasteiger charge is -2.15. The number of para-hydroxylation sites is 1.